The number of nitrogens with two attached hydrogens (primary N) is 1. The van der Waals surface area contributed by atoms with E-state index in [4.69, 9.17) is 5.73 Å². The highest BCUT2D eigenvalue weighted by Gasteiger charge is 2.18. The summed E-state index contributed by atoms with van der Waals surface area (Å²) in [6.45, 7) is 4.60. The van der Waals surface area contributed by atoms with Gasteiger partial charge in [0.25, 0.3) is 0 Å². The molecule has 0 saturated carbocycles. The fourth-order valence-corrected chi connectivity index (χ4v) is 2.23. The summed E-state index contributed by atoms with van der Waals surface area (Å²) in [5.74, 6) is 0.583. The van der Waals surface area contributed by atoms with Crippen molar-refractivity contribution < 1.29 is 9.53 Å². The van der Waals surface area contributed by atoms with Gasteiger partial charge in [-0.15, -0.1) is 0 Å². The van der Waals surface area contributed by atoms with E-state index in [-0.39, 0.29) is 5.69 Å². The van der Waals surface area contributed by atoms with Crippen LogP contribution in [0.4, 0.5) is 5.82 Å². The molecule has 1 aromatic carbocycles. The predicted molar refractivity (Wildman–Crippen MR) is 77.6 cm³/mol. The molecule has 0 atom stereocenters. The molecule has 0 radical (unpaired) electrons. The SMILES string of the molecule is COC(=O)c1nc(C)n(CCc2ccccc2C)c1N. The summed E-state index contributed by atoms with van der Waals surface area (Å²) in [5.41, 5.74) is 8.68. The van der Waals surface area contributed by atoms with Crippen molar-refractivity contribution in [2.75, 3.05) is 12.8 Å². The molecule has 20 heavy (non-hydrogen) atoms. The molecule has 0 aliphatic carbocycles. The van der Waals surface area contributed by atoms with Gasteiger partial charge in [0, 0.05) is 6.54 Å². The van der Waals surface area contributed by atoms with Crippen molar-refractivity contribution in [3.05, 3.63) is 46.9 Å². The molecule has 2 N–H and O–H groups in total. The summed E-state index contributed by atoms with van der Waals surface area (Å²) in [6, 6.07) is 8.22. The number of nitrogens with zero attached hydrogens (tertiary/aromatic N) is 2. The predicted octanol–water partition coefficient (Wildman–Crippen LogP) is 2.11. The molecule has 2 rings (SSSR count). The van der Waals surface area contributed by atoms with Crippen molar-refractivity contribution in [1.82, 2.24) is 9.55 Å². The van der Waals surface area contributed by atoms with Crippen LogP contribution >= 0.6 is 0 Å². The number of esters is 1. The molecule has 106 valence electrons. The number of rotatable bonds is 4. The van der Waals surface area contributed by atoms with Crippen molar-refractivity contribution in [1.29, 1.82) is 0 Å². The molecular formula is C15H19N3O2. The van der Waals surface area contributed by atoms with Gasteiger partial charge in [0.2, 0.25) is 0 Å². The van der Waals surface area contributed by atoms with E-state index in [0.29, 0.717) is 12.4 Å². The number of carbonyl (C=O) groups excluding carboxylic acids is 1. The maximum Gasteiger partial charge on any atom is 0.360 e. The van der Waals surface area contributed by atoms with Crippen molar-refractivity contribution in [3.63, 3.8) is 0 Å². The Morgan fingerprint density at radius 3 is 2.70 bits per heavy atom. The zero-order valence-corrected chi connectivity index (χ0v) is 12.0. The molecule has 1 heterocycles. The number of carbonyl (C=O) groups is 1. The van der Waals surface area contributed by atoms with E-state index in [1.165, 1.54) is 18.2 Å². The van der Waals surface area contributed by atoms with Crippen LogP contribution in [0.25, 0.3) is 0 Å². The Balaban J connectivity index is 2.20. The van der Waals surface area contributed by atoms with Gasteiger partial charge in [-0.25, -0.2) is 9.78 Å². The first-order chi connectivity index (χ1) is 9.54. The number of anilines is 1. The summed E-state index contributed by atoms with van der Waals surface area (Å²) < 4.78 is 6.52. The lowest BCUT2D eigenvalue weighted by atomic mass is 10.1. The van der Waals surface area contributed by atoms with Crippen LogP contribution in [0.3, 0.4) is 0 Å². The van der Waals surface area contributed by atoms with Crippen LogP contribution in [-0.4, -0.2) is 22.6 Å². The topological polar surface area (TPSA) is 70.1 Å². The van der Waals surface area contributed by atoms with Crippen LogP contribution in [0.2, 0.25) is 0 Å². The second kappa shape index (κ2) is 5.77. The fourth-order valence-electron chi connectivity index (χ4n) is 2.23. The molecule has 0 unspecified atom stereocenters. The highest BCUT2D eigenvalue weighted by atomic mass is 16.5. The average molecular weight is 273 g/mol. The summed E-state index contributed by atoms with van der Waals surface area (Å²) >= 11 is 0. The quantitative estimate of drug-likeness (QED) is 0.866. The summed E-state index contributed by atoms with van der Waals surface area (Å²) in [7, 11) is 1.32. The van der Waals surface area contributed by atoms with E-state index in [0.717, 1.165) is 12.2 Å². The highest BCUT2D eigenvalue weighted by Crippen LogP contribution is 2.17. The van der Waals surface area contributed by atoms with E-state index < -0.39 is 5.97 Å². The molecule has 5 nitrogen and oxygen atoms in total. The molecule has 2 aromatic rings. The standard InChI is InChI=1S/C15H19N3O2/c1-10-6-4-5-7-12(10)8-9-18-11(2)17-13(14(18)16)15(19)20-3/h4-7H,8-9,16H2,1-3H3. The normalized spacial score (nSPS) is 10.6. The fraction of sp³-hybridized carbons (Fsp3) is 0.333. The van der Waals surface area contributed by atoms with Gasteiger partial charge in [-0.3, -0.25) is 0 Å². The zero-order chi connectivity index (χ0) is 14.7. The van der Waals surface area contributed by atoms with Gasteiger partial charge >= 0.3 is 5.97 Å². The third kappa shape index (κ3) is 2.66. The van der Waals surface area contributed by atoms with E-state index in [1.807, 2.05) is 23.6 Å². The average Bonchev–Trinajstić information content (AvgIpc) is 2.73. The lowest BCUT2D eigenvalue weighted by Gasteiger charge is -2.09. The van der Waals surface area contributed by atoms with Gasteiger partial charge in [0.05, 0.1) is 7.11 Å². The third-order valence-electron chi connectivity index (χ3n) is 3.44. The maximum absolute atomic E-state index is 11.6. The number of aromatic nitrogens is 2. The van der Waals surface area contributed by atoms with Crippen LogP contribution in [0.1, 0.15) is 27.4 Å². The van der Waals surface area contributed by atoms with Gasteiger partial charge in [0.15, 0.2) is 5.69 Å². The van der Waals surface area contributed by atoms with Crippen LogP contribution in [0.15, 0.2) is 24.3 Å². The lowest BCUT2D eigenvalue weighted by molar-refractivity contribution is 0.0595. The molecule has 0 amide bonds. The van der Waals surface area contributed by atoms with Crippen LogP contribution in [0.5, 0.6) is 0 Å². The number of methoxy groups -OCH3 is 1. The van der Waals surface area contributed by atoms with Crippen molar-refractivity contribution in [2.24, 2.45) is 0 Å². The molecule has 0 fully saturated rings. The van der Waals surface area contributed by atoms with Gasteiger partial charge in [0.1, 0.15) is 11.6 Å². The molecular weight excluding hydrogens is 254 g/mol. The largest absolute Gasteiger partial charge is 0.464 e. The summed E-state index contributed by atoms with van der Waals surface area (Å²) in [5, 5.41) is 0. The van der Waals surface area contributed by atoms with Crippen LogP contribution in [-0.2, 0) is 17.7 Å². The number of hydrogen-bond acceptors (Lipinski definition) is 4. The Labute approximate surface area is 118 Å². The molecule has 0 spiro atoms. The van der Waals surface area contributed by atoms with Crippen molar-refractivity contribution in [2.45, 2.75) is 26.8 Å². The molecule has 0 aliphatic heterocycles. The molecule has 0 saturated heterocycles. The first-order valence-corrected chi connectivity index (χ1v) is 6.50. The number of aryl methyl sites for hydroxylation is 3. The van der Waals surface area contributed by atoms with Crippen molar-refractivity contribution >= 4 is 11.8 Å². The van der Waals surface area contributed by atoms with Crippen molar-refractivity contribution in [3.8, 4) is 0 Å². The van der Waals surface area contributed by atoms with Crippen LogP contribution in [0, 0.1) is 13.8 Å². The molecule has 5 heteroatoms. The number of hydrogen-bond donors (Lipinski definition) is 1. The zero-order valence-electron chi connectivity index (χ0n) is 12.0. The minimum atomic E-state index is -0.500. The van der Waals surface area contributed by atoms with E-state index in [9.17, 15) is 4.79 Å². The Morgan fingerprint density at radius 1 is 1.35 bits per heavy atom. The van der Waals surface area contributed by atoms with Gasteiger partial charge in [-0.1, -0.05) is 24.3 Å². The Kier molecular flexibility index (Phi) is 4.08. The number of ether oxygens (including phenoxy) is 1. The minimum Gasteiger partial charge on any atom is -0.464 e. The second-order valence-electron chi connectivity index (χ2n) is 4.71. The Morgan fingerprint density at radius 2 is 2.05 bits per heavy atom. The Bertz CT molecular complexity index is 632. The highest BCUT2D eigenvalue weighted by molar-refractivity contribution is 5.92. The van der Waals surface area contributed by atoms with Crippen LogP contribution < -0.4 is 5.73 Å². The minimum absolute atomic E-state index is 0.190. The molecule has 1 aromatic heterocycles. The molecule has 0 bridgehead atoms. The number of imidazole rings is 1. The smallest absolute Gasteiger partial charge is 0.360 e. The van der Waals surface area contributed by atoms with Gasteiger partial charge in [-0.05, 0) is 31.4 Å². The lowest BCUT2D eigenvalue weighted by Crippen LogP contribution is -2.10. The molecule has 0 aliphatic rings. The maximum atomic E-state index is 11.6. The number of benzene rings is 1. The van der Waals surface area contributed by atoms with Gasteiger partial charge < -0.3 is 15.0 Å². The first kappa shape index (κ1) is 14.1. The number of nitrogen functional groups attached to an aromatic ring is 1. The third-order valence-corrected chi connectivity index (χ3v) is 3.44. The Hall–Kier alpha value is -2.30. The van der Waals surface area contributed by atoms with E-state index in [1.54, 1.807) is 0 Å². The summed E-state index contributed by atoms with van der Waals surface area (Å²) in [6.07, 6.45) is 0.842. The van der Waals surface area contributed by atoms with Gasteiger partial charge in [-0.2, -0.15) is 0 Å². The van der Waals surface area contributed by atoms with E-state index in [2.05, 4.69) is 28.8 Å². The van der Waals surface area contributed by atoms with E-state index >= 15 is 0 Å². The second-order valence-corrected chi connectivity index (χ2v) is 4.71. The summed E-state index contributed by atoms with van der Waals surface area (Å²) in [4.78, 5) is 15.7. The monoisotopic (exact) mass is 273 g/mol. The first-order valence-electron chi connectivity index (χ1n) is 6.50.